The Bertz CT molecular complexity index is 1170. The minimum absolute atomic E-state index is 0.189. The maximum atomic E-state index is 13.4. The smallest absolute Gasteiger partial charge is 0.263 e. The van der Waals surface area contributed by atoms with Gasteiger partial charge in [-0.05, 0) is 38.0 Å². The number of alkyl halides is 2. The second-order valence-electron chi connectivity index (χ2n) is 8.38. The Morgan fingerprint density at radius 1 is 1.19 bits per heavy atom. The van der Waals surface area contributed by atoms with Gasteiger partial charge in [0.15, 0.2) is 0 Å². The van der Waals surface area contributed by atoms with Crippen LogP contribution in [0.3, 0.4) is 0 Å². The van der Waals surface area contributed by atoms with Crippen LogP contribution in [0.4, 0.5) is 14.6 Å². The highest BCUT2D eigenvalue weighted by atomic mass is 19.3. The van der Waals surface area contributed by atoms with E-state index in [-0.39, 0.29) is 5.82 Å². The predicted octanol–water partition coefficient (Wildman–Crippen LogP) is 4.82. The molecule has 162 valence electrons. The zero-order valence-corrected chi connectivity index (χ0v) is 17.6. The zero-order valence-electron chi connectivity index (χ0n) is 17.6. The average Bonchev–Trinajstić information content (AvgIpc) is 3.26. The fourth-order valence-electron chi connectivity index (χ4n) is 3.62. The van der Waals surface area contributed by atoms with Crippen molar-refractivity contribution in [3.63, 3.8) is 0 Å². The van der Waals surface area contributed by atoms with Crippen molar-refractivity contribution in [2.24, 2.45) is 5.41 Å². The first kappa shape index (κ1) is 21.2. The van der Waals surface area contributed by atoms with E-state index in [1.165, 1.54) is 6.92 Å². The lowest BCUT2D eigenvalue weighted by Crippen LogP contribution is -2.27. The number of fused-ring (bicyclic) bond motifs is 1. The summed E-state index contributed by atoms with van der Waals surface area (Å²) in [7, 11) is 0. The van der Waals surface area contributed by atoms with E-state index in [0.29, 0.717) is 17.6 Å². The van der Waals surface area contributed by atoms with Gasteiger partial charge in [0.25, 0.3) is 5.92 Å². The van der Waals surface area contributed by atoms with Gasteiger partial charge in [-0.3, -0.25) is 14.8 Å². The van der Waals surface area contributed by atoms with Crippen LogP contribution in [0.1, 0.15) is 50.5 Å². The lowest BCUT2D eigenvalue weighted by atomic mass is 10.0. The van der Waals surface area contributed by atoms with Gasteiger partial charge in [0.1, 0.15) is 11.2 Å². The molecule has 0 aromatic carbocycles. The highest BCUT2D eigenvalue weighted by molar-refractivity contribution is 5.98. The van der Waals surface area contributed by atoms with E-state index in [9.17, 15) is 18.7 Å². The van der Waals surface area contributed by atoms with Crippen molar-refractivity contribution >= 4 is 22.6 Å². The first-order chi connectivity index (χ1) is 14.6. The number of anilines is 1. The van der Waals surface area contributed by atoms with Crippen molar-refractivity contribution in [2.75, 3.05) is 5.32 Å². The van der Waals surface area contributed by atoms with E-state index < -0.39 is 29.8 Å². The first-order valence-corrected chi connectivity index (χ1v) is 10.2. The van der Waals surface area contributed by atoms with Gasteiger partial charge in [-0.25, -0.2) is 13.8 Å². The molecule has 0 spiro atoms. The molecule has 1 amide bonds. The quantitative estimate of drug-likeness (QED) is 0.590. The largest absolute Gasteiger partial charge is 0.387 e. The number of carbonyl (C=O) groups is 1. The number of pyridine rings is 3. The Morgan fingerprint density at radius 3 is 2.58 bits per heavy atom. The summed E-state index contributed by atoms with van der Waals surface area (Å²) in [6, 6.07) is 5.35. The SMILES string of the molecule is CCC[C@H](O)c1cc(C)c(-c2cnc3cc(NC(=O)[C@@]4(C)CC4(F)F)ncc3c2)cn1. The van der Waals surface area contributed by atoms with E-state index in [0.717, 1.165) is 28.5 Å². The normalized spacial score (nSPS) is 20.5. The monoisotopic (exact) mass is 426 g/mol. The molecule has 3 aromatic rings. The lowest BCUT2D eigenvalue weighted by molar-refractivity contribution is -0.123. The molecule has 1 saturated carbocycles. The summed E-state index contributed by atoms with van der Waals surface area (Å²) in [6.07, 6.45) is 5.46. The van der Waals surface area contributed by atoms with Crippen LogP contribution in [0, 0.1) is 12.3 Å². The molecule has 0 unspecified atom stereocenters. The summed E-state index contributed by atoms with van der Waals surface area (Å²) in [5.41, 5.74) is 2.26. The van der Waals surface area contributed by atoms with Crippen LogP contribution in [0.25, 0.3) is 22.0 Å². The summed E-state index contributed by atoms with van der Waals surface area (Å²) in [6.45, 7) is 5.21. The predicted molar refractivity (Wildman–Crippen MR) is 114 cm³/mol. The Hall–Kier alpha value is -3.00. The Morgan fingerprint density at radius 2 is 1.94 bits per heavy atom. The summed E-state index contributed by atoms with van der Waals surface area (Å²) in [5.74, 6) is -3.53. The fraction of sp³-hybridized carbons (Fsp3) is 0.391. The van der Waals surface area contributed by atoms with Crippen LogP contribution >= 0.6 is 0 Å². The number of nitrogens with zero attached hydrogens (tertiary/aromatic N) is 3. The molecular weight excluding hydrogens is 402 g/mol. The summed E-state index contributed by atoms with van der Waals surface area (Å²) in [5, 5.41) is 13.4. The molecule has 0 bridgehead atoms. The second kappa shape index (κ2) is 7.60. The number of rotatable bonds is 6. The molecular formula is C23H24F2N4O2. The molecule has 2 atom stereocenters. The van der Waals surface area contributed by atoms with Gasteiger partial charge in [-0.2, -0.15) is 0 Å². The topological polar surface area (TPSA) is 88.0 Å². The van der Waals surface area contributed by atoms with Gasteiger partial charge in [0.2, 0.25) is 5.91 Å². The third-order valence-corrected chi connectivity index (χ3v) is 5.91. The van der Waals surface area contributed by atoms with Gasteiger partial charge in [-0.15, -0.1) is 0 Å². The van der Waals surface area contributed by atoms with E-state index in [1.807, 2.05) is 26.0 Å². The van der Waals surface area contributed by atoms with Crippen LogP contribution < -0.4 is 5.32 Å². The van der Waals surface area contributed by atoms with Gasteiger partial charge in [0, 0.05) is 47.6 Å². The van der Waals surface area contributed by atoms with Crippen molar-refractivity contribution in [2.45, 2.75) is 52.1 Å². The third kappa shape index (κ3) is 3.87. The molecule has 3 aromatic heterocycles. The maximum absolute atomic E-state index is 13.4. The third-order valence-electron chi connectivity index (χ3n) is 5.91. The molecule has 0 aliphatic heterocycles. The zero-order chi connectivity index (χ0) is 22.4. The van der Waals surface area contributed by atoms with Crippen LogP contribution in [0.2, 0.25) is 0 Å². The van der Waals surface area contributed by atoms with E-state index in [4.69, 9.17) is 0 Å². The summed E-state index contributed by atoms with van der Waals surface area (Å²) >= 11 is 0. The Labute approximate surface area is 178 Å². The summed E-state index contributed by atoms with van der Waals surface area (Å²) in [4.78, 5) is 25.2. The molecule has 0 radical (unpaired) electrons. The van der Waals surface area contributed by atoms with Crippen molar-refractivity contribution in [1.29, 1.82) is 0 Å². The van der Waals surface area contributed by atoms with E-state index in [2.05, 4.69) is 20.3 Å². The first-order valence-electron chi connectivity index (χ1n) is 10.2. The molecule has 1 aliphatic rings. The van der Waals surface area contributed by atoms with Gasteiger partial charge >= 0.3 is 0 Å². The number of aryl methyl sites for hydroxylation is 1. The minimum atomic E-state index is -2.98. The number of nitrogens with one attached hydrogen (secondary N) is 1. The number of aliphatic hydroxyl groups excluding tert-OH is 1. The number of carbonyl (C=O) groups excluding carboxylic acids is 1. The molecule has 2 N–H and O–H groups in total. The Balaban J connectivity index is 1.57. The van der Waals surface area contributed by atoms with Gasteiger partial charge in [-0.1, -0.05) is 13.3 Å². The molecule has 4 rings (SSSR count). The maximum Gasteiger partial charge on any atom is 0.263 e. The van der Waals surface area contributed by atoms with Crippen LogP contribution in [-0.2, 0) is 4.79 Å². The lowest BCUT2D eigenvalue weighted by Gasteiger charge is -2.13. The van der Waals surface area contributed by atoms with Crippen LogP contribution in [0.5, 0.6) is 0 Å². The number of hydrogen-bond acceptors (Lipinski definition) is 5. The highest BCUT2D eigenvalue weighted by Gasteiger charge is 2.72. The minimum Gasteiger partial charge on any atom is -0.387 e. The number of amides is 1. The second-order valence-corrected chi connectivity index (χ2v) is 8.38. The molecule has 8 heteroatoms. The molecule has 6 nitrogen and oxygen atoms in total. The number of aliphatic hydroxyl groups is 1. The summed E-state index contributed by atoms with van der Waals surface area (Å²) < 4.78 is 26.8. The van der Waals surface area contributed by atoms with E-state index in [1.54, 1.807) is 24.7 Å². The van der Waals surface area contributed by atoms with Crippen molar-refractivity contribution in [1.82, 2.24) is 15.0 Å². The van der Waals surface area contributed by atoms with Crippen molar-refractivity contribution in [3.8, 4) is 11.1 Å². The number of hydrogen-bond donors (Lipinski definition) is 2. The standard InChI is InChI=1S/C23H24F2N4O2/c1-4-5-19(30)18-6-13(2)16(11-27-18)14-7-15-10-28-20(8-17(15)26-9-14)29-21(31)22(3)12-23(22,24)25/h6-11,19,30H,4-5,12H2,1-3H3,(H,28,29,31)/t19-,22+/m0/s1. The van der Waals surface area contributed by atoms with Gasteiger partial charge < -0.3 is 10.4 Å². The molecule has 1 aliphatic carbocycles. The molecule has 31 heavy (non-hydrogen) atoms. The average molecular weight is 426 g/mol. The molecule has 1 fully saturated rings. The van der Waals surface area contributed by atoms with Crippen molar-refractivity contribution < 1.29 is 18.7 Å². The van der Waals surface area contributed by atoms with E-state index >= 15 is 0 Å². The Kier molecular flexibility index (Phi) is 5.21. The fourth-order valence-corrected chi connectivity index (χ4v) is 3.62. The molecule has 3 heterocycles. The number of halogens is 2. The van der Waals surface area contributed by atoms with Crippen molar-refractivity contribution in [3.05, 3.63) is 48.0 Å². The number of aromatic nitrogens is 3. The van der Waals surface area contributed by atoms with Crippen LogP contribution in [-0.4, -0.2) is 31.9 Å². The van der Waals surface area contributed by atoms with Crippen LogP contribution in [0.15, 0.2) is 36.8 Å². The van der Waals surface area contributed by atoms with Gasteiger partial charge in [0.05, 0.1) is 17.3 Å². The molecule has 0 saturated heterocycles. The highest BCUT2D eigenvalue weighted by Crippen LogP contribution is 2.60.